The lowest BCUT2D eigenvalue weighted by Gasteiger charge is -2.27. The Bertz CT molecular complexity index is 86.7. The molecule has 0 radical (unpaired) electrons. The molecule has 2 atom stereocenters. The van der Waals surface area contributed by atoms with Gasteiger partial charge in [0.1, 0.15) is 0 Å². The molecular formula is C9H19Cl. The van der Waals surface area contributed by atoms with Gasteiger partial charge in [-0.2, -0.15) is 0 Å². The van der Waals surface area contributed by atoms with Crippen LogP contribution in [0.2, 0.25) is 0 Å². The normalized spacial score (nSPS) is 20.1. The Morgan fingerprint density at radius 3 is 2.20 bits per heavy atom. The van der Waals surface area contributed by atoms with Gasteiger partial charge in [0.25, 0.3) is 0 Å². The SMILES string of the molecule is CCCC(C)C(C)(Cl)CC. The van der Waals surface area contributed by atoms with E-state index in [-0.39, 0.29) is 4.87 Å². The van der Waals surface area contributed by atoms with Gasteiger partial charge >= 0.3 is 0 Å². The van der Waals surface area contributed by atoms with Crippen LogP contribution in [0.4, 0.5) is 0 Å². The van der Waals surface area contributed by atoms with Gasteiger partial charge in [-0.05, 0) is 25.7 Å². The molecule has 0 nitrogen and oxygen atoms in total. The van der Waals surface area contributed by atoms with Gasteiger partial charge in [-0.3, -0.25) is 0 Å². The van der Waals surface area contributed by atoms with Crippen molar-refractivity contribution < 1.29 is 0 Å². The van der Waals surface area contributed by atoms with Crippen molar-refractivity contribution in [3.05, 3.63) is 0 Å². The van der Waals surface area contributed by atoms with Crippen molar-refractivity contribution in [1.29, 1.82) is 0 Å². The fourth-order valence-corrected chi connectivity index (χ4v) is 1.19. The summed E-state index contributed by atoms with van der Waals surface area (Å²) in [5, 5.41) is 0. The molecule has 0 aromatic rings. The molecule has 0 saturated heterocycles. The molecule has 0 fully saturated rings. The van der Waals surface area contributed by atoms with Crippen LogP contribution in [-0.4, -0.2) is 4.87 Å². The lowest BCUT2D eigenvalue weighted by atomic mass is 9.89. The van der Waals surface area contributed by atoms with E-state index in [0.717, 1.165) is 6.42 Å². The van der Waals surface area contributed by atoms with Gasteiger partial charge in [-0.25, -0.2) is 0 Å². The maximum atomic E-state index is 6.25. The summed E-state index contributed by atoms with van der Waals surface area (Å²) in [6.07, 6.45) is 3.55. The van der Waals surface area contributed by atoms with Gasteiger partial charge in [0.05, 0.1) is 0 Å². The molecule has 0 spiro atoms. The lowest BCUT2D eigenvalue weighted by Crippen LogP contribution is -2.24. The molecule has 0 aliphatic carbocycles. The minimum Gasteiger partial charge on any atom is -0.119 e. The molecule has 0 aromatic heterocycles. The van der Waals surface area contributed by atoms with Crippen LogP contribution in [0.1, 0.15) is 47.0 Å². The lowest BCUT2D eigenvalue weighted by molar-refractivity contribution is 0.383. The monoisotopic (exact) mass is 162 g/mol. The molecule has 0 amide bonds. The summed E-state index contributed by atoms with van der Waals surface area (Å²) in [7, 11) is 0. The number of halogens is 1. The summed E-state index contributed by atoms with van der Waals surface area (Å²) in [5.41, 5.74) is 0. The predicted molar refractivity (Wildman–Crippen MR) is 48.6 cm³/mol. The second-order valence-corrected chi connectivity index (χ2v) is 4.18. The number of alkyl halides is 1. The van der Waals surface area contributed by atoms with Gasteiger partial charge in [-0.15, -0.1) is 11.6 Å². The van der Waals surface area contributed by atoms with Crippen molar-refractivity contribution in [2.24, 2.45) is 5.92 Å². The molecule has 0 saturated carbocycles. The average Bonchev–Trinajstić information content (AvgIpc) is 1.89. The summed E-state index contributed by atoms with van der Waals surface area (Å²) >= 11 is 6.25. The zero-order valence-corrected chi connectivity index (χ0v) is 8.33. The molecule has 0 aliphatic rings. The number of hydrogen-bond acceptors (Lipinski definition) is 0. The summed E-state index contributed by atoms with van der Waals surface area (Å²) in [4.78, 5) is 0.0238. The van der Waals surface area contributed by atoms with Gasteiger partial charge < -0.3 is 0 Å². The Hall–Kier alpha value is 0.290. The Kier molecular flexibility index (Phi) is 4.35. The second-order valence-electron chi connectivity index (χ2n) is 3.32. The van der Waals surface area contributed by atoms with Gasteiger partial charge in [-0.1, -0.05) is 27.2 Å². The number of hydrogen-bond donors (Lipinski definition) is 0. The van der Waals surface area contributed by atoms with Gasteiger partial charge in [0, 0.05) is 4.87 Å². The fraction of sp³-hybridized carbons (Fsp3) is 1.00. The highest BCUT2D eigenvalue weighted by molar-refractivity contribution is 6.23. The van der Waals surface area contributed by atoms with Crippen LogP contribution in [0.3, 0.4) is 0 Å². The highest BCUT2D eigenvalue weighted by Gasteiger charge is 2.25. The van der Waals surface area contributed by atoms with E-state index in [9.17, 15) is 0 Å². The van der Waals surface area contributed by atoms with E-state index in [1.165, 1.54) is 12.8 Å². The summed E-state index contributed by atoms with van der Waals surface area (Å²) in [6.45, 7) is 8.73. The minimum absolute atomic E-state index is 0.0238. The van der Waals surface area contributed by atoms with Crippen molar-refractivity contribution in [1.82, 2.24) is 0 Å². The van der Waals surface area contributed by atoms with E-state index in [4.69, 9.17) is 11.6 Å². The first-order valence-corrected chi connectivity index (χ1v) is 4.61. The Morgan fingerprint density at radius 1 is 1.40 bits per heavy atom. The van der Waals surface area contributed by atoms with Crippen molar-refractivity contribution in [3.8, 4) is 0 Å². The Labute approximate surface area is 70.0 Å². The van der Waals surface area contributed by atoms with E-state index in [0.29, 0.717) is 5.92 Å². The van der Waals surface area contributed by atoms with Crippen LogP contribution in [0.25, 0.3) is 0 Å². The largest absolute Gasteiger partial charge is 0.119 e. The highest BCUT2D eigenvalue weighted by atomic mass is 35.5. The van der Waals surface area contributed by atoms with Crippen molar-refractivity contribution in [3.63, 3.8) is 0 Å². The van der Waals surface area contributed by atoms with Crippen LogP contribution >= 0.6 is 11.6 Å². The zero-order valence-electron chi connectivity index (χ0n) is 7.58. The molecule has 0 aliphatic heterocycles. The van der Waals surface area contributed by atoms with Crippen molar-refractivity contribution in [2.75, 3.05) is 0 Å². The van der Waals surface area contributed by atoms with Crippen LogP contribution in [0, 0.1) is 5.92 Å². The first-order chi connectivity index (χ1) is 4.54. The van der Waals surface area contributed by atoms with Crippen molar-refractivity contribution >= 4 is 11.6 Å². The topological polar surface area (TPSA) is 0 Å². The molecule has 0 rings (SSSR count). The third kappa shape index (κ3) is 2.92. The summed E-state index contributed by atoms with van der Waals surface area (Å²) in [5.74, 6) is 0.643. The van der Waals surface area contributed by atoms with Crippen LogP contribution in [0.5, 0.6) is 0 Å². The Morgan fingerprint density at radius 2 is 1.90 bits per heavy atom. The van der Waals surface area contributed by atoms with E-state index in [2.05, 4.69) is 27.7 Å². The average molecular weight is 163 g/mol. The molecule has 0 aromatic carbocycles. The summed E-state index contributed by atoms with van der Waals surface area (Å²) < 4.78 is 0. The minimum atomic E-state index is 0.0238. The molecule has 0 bridgehead atoms. The van der Waals surface area contributed by atoms with Crippen LogP contribution in [-0.2, 0) is 0 Å². The molecule has 0 N–H and O–H groups in total. The highest BCUT2D eigenvalue weighted by Crippen LogP contribution is 2.31. The Balaban J connectivity index is 3.78. The molecular weight excluding hydrogens is 144 g/mol. The molecule has 62 valence electrons. The first kappa shape index (κ1) is 10.3. The maximum Gasteiger partial charge on any atom is 0.0441 e. The summed E-state index contributed by atoms with van der Waals surface area (Å²) in [6, 6.07) is 0. The van der Waals surface area contributed by atoms with E-state index in [1.807, 2.05) is 0 Å². The quantitative estimate of drug-likeness (QED) is 0.552. The third-order valence-corrected chi connectivity index (χ3v) is 3.08. The van der Waals surface area contributed by atoms with E-state index in [1.54, 1.807) is 0 Å². The van der Waals surface area contributed by atoms with Gasteiger partial charge in [0.15, 0.2) is 0 Å². The van der Waals surface area contributed by atoms with E-state index < -0.39 is 0 Å². The maximum absolute atomic E-state index is 6.25. The van der Waals surface area contributed by atoms with Gasteiger partial charge in [0.2, 0.25) is 0 Å². The third-order valence-electron chi connectivity index (χ3n) is 2.44. The second kappa shape index (κ2) is 4.23. The smallest absolute Gasteiger partial charge is 0.0441 e. The molecule has 1 heteroatoms. The molecule has 0 heterocycles. The van der Waals surface area contributed by atoms with Crippen molar-refractivity contribution in [2.45, 2.75) is 51.8 Å². The predicted octanol–water partition coefficient (Wildman–Crippen LogP) is 3.83. The van der Waals surface area contributed by atoms with Crippen LogP contribution < -0.4 is 0 Å². The molecule has 2 unspecified atom stereocenters. The zero-order chi connectivity index (χ0) is 8.20. The number of rotatable bonds is 4. The van der Waals surface area contributed by atoms with E-state index >= 15 is 0 Å². The molecule has 10 heavy (non-hydrogen) atoms. The standard InChI is InChI=1S/C9H19Cl/c1-5-7-8(3)9(4,10)6-2/h8H,5-7H2,1-4H3. The fourth-order valence-electron chi connectivity index (χ4n) is 1.08. The first-order valence-electron chi connectivity index (χ1n) is 4.23. The van der Waals surface area contributed by atoms with Crippen LogP contribution in [0.15, 0.2) is 0 Å².